The molecule has 1 saturated heterocycles. The maximum Gasteiger partial charge on any atom is 0.311 e. The van der Waals surface area contributed by atoms with Crippen molar-refractivity contribution in [2.24, 2.45) is 5.41 Å². The molecule has 1 fully saturated rings. The highest BCUT2D eigenvalue weighted by Crippen LogP contribution is 2.30. The average molecular weight is 385 g/mol. The summed E-state index contributed by atoms with van der Waals surface area (Å²) in [5.74, 6) is -0.254. The number of carbonyl (C=O) groups excluding carboxylic acids is 1. The summed E-state index contributed by atoms with van der Waals surface area (Å²) in [6, 6.07) is 17.6. The van der Waals surface area contributed by atoms with Crippen LogP contribution in [0.1, 0.15) is 28.8 Å². The maximum atomic E-state index is 12.4. The lowest BCUT2D eigenvalue weighted by molar-refractivity contribution is -0.154. The van der Waals surface area contributed by atoms with Crippen LogP contribution < -0.4 is 5.32 Å². The molecule has 0 unspecified atom stereocenters. The van der Waals surface area contributed by atoms with Crippen LogP contribution in [0.3, 0.4) is 0 Å². The molecule has 1 heterocycles. The monoisotopic (exact) mass is 385 g/mol. The molecular formula is C21H23NO4S. The smallest absolute Gasteiger partial charge is 0.311 e. The van der Waals surface area contributed by atoms with Crippen molar-refractivity contribution < 1.29 is 19.4 Å². The fourth-order valence-electron chi connectivity index (χ4n) is 3.02. The number of carbonyl (C=O) groups is 2. The summed E-state index contributed by atoms with van der Waals surface area (Å²) in [4.78, 5) is 25.1. The van der Waals surface area contributed by atoms with Crippen LogP contribution in [0.4, 0.5) is 0 Å². The topological polar surface area (TPSA) is 75.6 Å². The van der Waals surface area contributed by atoms with Gasteiger partial charge in [-0.3, -0.25) is 9.59 Å². The van der Waals surface area contributed by atoms with Crippen LogP contribution in [-0.2, 0) is 15.3 Å². The lowest BCUT2D eigenvalue weighted by atomic mass is 9.80. The first-order chi connectivity index (χ1) is 13.1. The van der Waals surface area contributed by atoms with E-state index in [1.54, 1.807) is 23.9 Å². The number of thioether (sulfide) groups is 1. The van der Waals surface area contributed by atoms with Gasteiger partial charge in [0.1, 0.15) is 0 Å². The van der Waals surface area contributed by atoms with Crippen molar-refractivity contribution in [3.8, 4) is 0 Å². The van der Waals surface area contributed by atoms with E-state index in [1.807, 2.05) is 30.3 Å². The highest BCUT2D eigenvalue weighted by molar-refractivity contribution is 7.98. The Balaban J connectivity index is 1.54. The van der Waals surface area contributed by atoms with E-state index in [9.17, 15) is 14.7 Å². The number of hydrogen-bond acceptors (Lipinski definition) is 4. The third kappa shape index (κ3) is 5.11. The Morgan fingerprint density at radius 1 is 1.04 bits per heavy atom. The van der Waals surface area contributed by atoms with Gasteiger partial charge in [0, 0.05) is 36.0 Å². The molecular weight excluding hydrogens is 362 g/mol. The molecule has 2 N–H and O–H groups in total. The van der Waals surface area contributed by atoms with Crippen LogP contribution >= 0.6 is 11.8 Å². The van der Waals surface area contributed by atoms with Gasteiger partial charge in [-0.25, -0.2) is 0 Å². The molecule has 0 aromatic heterocycles. The van der Waals surface area contributed by atoms with Crippen LogP contribution in [0.25, 0.3) is 0 Å². The largest absolute Gasteiger partial charge is 0.481 e. The zero-order valence-corrected chi connectivity index (χ0v) is 15.8. The van der Waals surface area contributed by atoms with Gasteiger partial charge in [0.2, 0.25) is 0 Å². The summed E-state index contributed by atoms with van der Waals surface area (Å²) in [6.45, 7) is 0.944. The standard InChI is InChI=1S/C21H23NO4S/c23-19(22-15-21(20(24)25)10-12-26-13-11-21)17-6-8-18(9-7-17)27-14-16-4-2-1-3-5-16/h1-9H,10-15H2,(H,22,23)(H,24,25). The van der Waals surface area contributed by atoms with E-state index < -0.39 is 11.4 Å². The highest BCUT2D eigenvalue weighted by atomic mass is 32.2. The number of amides is 1. The van der Waals surface area contributed by atoms with Crippen molar-refractivity contribution in [3.63, 3.8) is 0 Å². The minimum absolute atomic E-state index is 0.120. The van der Waals surface area contributed by atoms with Crippen molar-refractivity contribution in [1.82, 2.24) is 5.32 Å². The van der Waals surface area contributed by atoms with Gasteiger partial charge in [-0.1, -0.05) is 30.3 Å². The van der Waals surface area contributed by atoms with Gasteiger partial charge in [0.15, 0.2) is 0 Å². The molecule has 0 atom stereocenters. The Morgan fingerprint density at radius 2 is 1.70 bits per heavy atom. The number of rotatable bonds is 7. The summed E-state index contributed by atoms with van der Waals surface area (Å²) >= 11 is 1.71. The number of ether oxygens (including phenoxy) is 1. The first kappa shape index (κ1) is 19.5. The SMILES string of the molecule is O=C(NCC1(C(=O)O)CCOCC1)c1ccc(SCc2ccccc2)cc1. The molecule has 0 spiro atoms. The van der Waals surface area contributed by atoms with Crippen LogP contribution in [0, 0.1) is 5.41 Å². The lowest BCUT2D eigenvalue weighted by Gasteiger charge is -2.33. The van der Waals surface area contributed by atoms with Crippen molar-refractivity contribution in [1.29, 1.82) is 0 Å². The summed E-state index contributed by atoms with van der Waals surface area (Å²) in [7, 11) is 0. The quantitative estimate of drug-likeness (QED) is 0.713. The van der Waals surface area contributed by atoms with Crippen molar-refractivity contribution in [2.75, 3.05) is 19.8 Å². The van der Waals surface area contributed by atoms with E-state index in [1.165, 1.54) is 5.56 Å². The van der Waals surface area contributed by atoms with Gasteiger partial charge in [-0.15, -0.1) is 11.8 Å². The van der Waals surface area contributed by atoms with E-state index in [0.29, 0.717) is 31.6 Å². The van der Waals surface area contributed by atoms with E-state index in [2.05, 4.69) is 17.4 Å². The minimum atomic E-state index is -0.931. The van der Waals surface area contributed by atoms with E-state index in [-0.39, 0.29) is 12.5 Å². The fraction of sp³-hybridized carbons (Fsp3) is 0.333. The fourth-order valence-corrected chi connectivity index (χ4v) is 3.88. The molecule has 3 rings (SSSR count). The zero-order chi connectivity index (χ0) is 19.1. The molecule has 5 nitrogen and oxygen atoms in total. The summed E-state index contributed by atoms with van der Waals surface area (Å²) in [5, 5.41) is 12.3. The molecule has 27 heavy (non-hydrogen) atoms. The minimum Gasteiger partial charge on any atom is -0.481 e. The molecule has 0 bridgehead atoms. The first-order valence-electron chi connectivity index (χ1n) is 8.95. The molecule has 2 aromatic rings. The average Bonchev–Trinajstić information content (AvgIpc) is 2.72. The molecule has 6 heteroatoms. The number of hydrogen-bond donors (Lipinski definition) is 2. The zero-order valence-electron chi connectivity index (χ0n) is 15.0. The van der Waals surface area contributed by atoms with Crippen LogP contribution in [0.2, 0.25) is 0 Å². The molecule has 142 valence electrons. The molecule has 0 saturated carbocycles. The second-order valence-corrected chi connectivity index (χ2v) is 7.73. The molecule has 0 radical (unpaired) electrons. The Morgan fingerprint density at radius 3 is 2.33 bits per heavy atom. The first-order valence-corrected chi connectivity index (χ1v) is 9.94. The second kappa shape index (κ2) is 9.06. The molecule has 0 aliphatic carbocycles. The van der Waals surface area contributed by atoms with Gasteiger partial charge in [0.05, 0.1) is 5.41 Å². The maximum absolute atomic E-state index is 12.4. The van der Waals surface area contributed by atoms with E-state index >= 15 is 0 Å². The van der Waals surface area contributed by atoms with Crippen LogP contribution in [0.15, 0.2) is 59.5 Å². The molecule has 1 aliphatic heterocycles. The van der Waals surface area contributed by atoms with Crippen molar-refractivity contribution in [2.45, 2.75) is 23.5 Å². The summed E-state index contributed by atoms with van der Waals surface area (Å²) < 4.78 is 5.26. The summed E-state index contributed by atoms with van der Waals surface area (Å²) in [5.41, 5.74) is 0.853. The molecule has 1 aliphatic rings. The Hall–Kier alpha value is -2.31. The van der Waals surface area contributed by atoms with Gasteiger partial charge < -0.3 is 15.2 Å². The summed E-state index contributed by atoms with van der Waals surface area (Å²) in [6.07, 6.45) is 0.829. The number of carboxylic acid groups (broad SMARTS) is 1. The highest BCUT2D eigenvalue weighted by Gasteiger charge is 2.40. The number of carboxylic acids is 1. The van der Waals surface area contributed by atoms with Gasteiger partial charge in [0.25, 0.3) is 5.91 Å². The molecule has 1 amide bonds. The third-order valence-electron chi connectivity index (χ3n) is 4.86. The Kier molecular flexibility index (Phi) is 6.53. The van der Waals surface area contributed by atoms with Gasteiger partial charge in [-0.2, -0.15) is 0 Å². The van der Waals surface area contributed by atoms with E-state index in [4.69, 9.17) is 4.74 Å². The molecule has 2 aromatic carbocycles. The van der Waals surface area contributed by atoms with E-state index in [0.717, 1.165) is 10.6 Å². The van der Waals surface area contributed by atoms with Crippen molar-refractivity contribution >= 4 is 23.6 Å². The number of nitrogens with one attached hydrogen (secondary N) is 1. The lowest BCUT2D eigenvalue weighted by Crippen LogP contribution is -2.46. The van der Waals surface area contributed by atoms with Gasteiger partial charge in [-0.05, 0) is 42.7 Å². The number of benzene rings is 2. The van der Waals surface area contributed by atoms with Gasteiger partial charge >= 0.3 is 5.97 Å². The predicted molar refractivity (Wildman–Crippen MR) is 105 cm³/mol. The normalized spacial score (nSPS) is 15.9. The van der Waals surface area contributed by atoms with Crippen molar-refractivity contribution in [3.05, 3.63) is 65.7 Å². The predicted octanol–water partition coefficient (Wildman–Crippen LogP) is 3.59. The van der Waals surface area contributed by atoms with Crippen LogP contribution in [0.5, 0.6) is 0 Å². The Labute approximate surface area is 163 Å². The number of aliphatic carboxylic acids is 1. The Bertz CT molecular complexity index is 771. The van der Waals surface area contributed by atoms with Crippen LogP contribution in [-0.4, -0.2) is 36.7 Å². The second-order valence-electron chi connectivity index (χ2n) is 6.68. The third-order valence-corrected chi connectivity index (χ3v) is 5.94.